The van der Waals surface area contributed by atoms with E-state index in [0.29, 0.717) is 0 Å². The zero-order valence-corrected chi connectivity index (χ0v) is 17.3. The molecule has 0 fully saturated rings. The molecule has 148 valence electrons. The van der Waals surface area contributed by atoms with Crippen molar-refractivity contribution in [3.05, 3.63) is 42.2 Å². The van der Waals surface area contributed by atoms with Crippen LogP contribution in [0.25, 0.3) is 11.4 Å². The third-order valence-electron chi connectivity index (χ3n) is 4.91. The van der Waals surface area contributed by atoms with E-state index in [9.17, 15) is 0 Å². The first-order chi connectivity index (χ1) is 13.3. The summed E-state index contributed by atoms with van der Waals surface area (Å²) in [7, 11) is 0. The summed E-state index contributed by atoms with van der Waals surface area (Å²) < 4.78 is 5.76. The van der Waals surface area contributed by atoms with Crippen LogP contribution in [-0.4, -0.2) is 16.6 Å². The Morgan fingerprint density at radius 3 is 1.93 bits per heavy atom. The van der Waals surface area contributed by atoms with Crippen molar-refractivity contribution < 1.29 is 4.74 Å². The standard InChI is InChI=1S/C24H36N2O/c1-3-5-7-9-10-11-13-21-14-16-23(25-19-21)24-17-15-22(20-26-24)27-18-12-8-6-4-2/h14-17,19-20H,3-13,18H2,1-2H3. The van der Waals surface area contributed by atoms with E-state index in [1.54, 1.807) is 6.20 Å². The Balaban J connectivity index is 1.74. The molecule has 27 heavy (non-hydrogen) atoms. The molecule has 0 unspecified atom stereocenters. The van der Waals surface area contributed by atoms with Gasteiger partial charge in [-0.1, -0.05) is 71.3 Å². The van der Waals surface area contributed by atoms with Crippen LogP contribution >= 0.6 is 0 Å². The molecule has 2 aromatic heterocycles. The highest BCUT2D eigenvalue weighted by Gasteiger charge is 2.03. The molecule has 3 heteroatoms. The highest BCUT2D eigenvalue weighted by atomic mass is 16.5. The van der Waals surface area contributed by atoms with Crippen LogP contribution in [0.15, 0.2) is 36.7 Å². The van der Waals surface area contributed by atoms with E-state index < -0.39 is 0 Å². The quantitative estimate of drug-likeness (QED) is 0.336. The molecule has 2 aromatic rings. The molecule has 0 amide bonds. The Labute approximate surface area is 165 Å². The summed E-state index contributed by atoms with van der Waals surface area (Å²) in [5, 5.41) is 0. The molecule has 0 aliphatic rings. The molecule has 0 saturated carbocycles. The summed E-state index contributed by atoms with van der Waals surface area (Å²) in [5.74, 6) is 0.843. The first kappa shape index (κ1) is 21.4. The zero-order chi connectivity index (χ0) is 19.2. The van der Waals surface area contributed by atoms with Crippen molar-refractivity contribution in [3.63, 3.8) is 0 Å². The molecule has 0 aromatic carbocycles. The predicted octanol–water partition coefficient (Wildman–Crippen LogP) is 7.01. The second kappa shape index (κ2) is 13.3. The number of hydrogen-bond acceptors (Lipinski definition) is 3. The number of aryl methyl sites for hydroxylation is 1. The number of ether oxygens (including phenoxy) is 1. The van der Waals surface area contributed by atoms with Gasteiger partial charge in [0.25, 0.3) is 0 Å². The maximum Gasteiger partial charge on any atom is 0.137 e. The van der Waals surface area contributed by atoms with Gasteiger partial charge in [-0.3, -0.25) is 9.97 Å². The smallest absolute Gasteiger partial charge is 0.137 e. The van der Waals surface area contributed by atoms with E-state index in [2.05, 4.69) is 35.9 Å². The molecule has 0 bridgehead atoms. The molecule has 0 saturated heterocycles. The average Bonchev–Trinajstić information content (AvgIpc) is 2.71. The fraction of sp³-hybridized carbons (Fsp3) is 0.583. The number of hydrogen-bond donors (Lipinski definition) is 0. The summed E-state index contributed by atoms with van der Waals surface area (Å²) in [6.45, 7) is 5.25. The minimum atomic E-state index is 0.770. The monoisotopic (exact) mass is 368 g/mol. The van der Waals surface area contributed by atoms with Gasteiger partial charge in [0, 0.05) is 6.20 Å². The normalized spacial score (nSPS) is 10.9. The maximum atomic E-state index is 5.76. The van der Waals surface area contributed by atoms with Crippen molar-refractivity contribution in [3.8, 4) is 17.1 Å². The fourth-order valence-corrected chi connectivity index (χ4v) is 3.17. The molecular formula is C24H36N2O. The lowest BCUT2D eigenvalue weighted by Crippen LogP contribution is -1.98. The summed E-state index contributed by atoms with van der Waals surface area (Å²) in [6, 6.07) is 8.26. The number of rotatable bonds is 14. The molecule has 0 spiro atoms. The first-order valence-electron chi connectivity index (χ1n) is 10.9. The summed E-state index contributed by atoms with van der Waals surface area (Å²) in [4.78, 5) is 9.11. The number of unbranched alkanes of at least 4 members (excludes halogenated alkanes) is 8. The number of nitrogens with zero attached hydrogens (tertiary/aromatic N) is 2. The van der Waals surface area contributed by atoms with E-state index in [0.717, 1.165) is 36.6 Å². The molecule has 2 heterocycles. The van der Waals surface area contributed by atoms with Crippen molar-refractivity contribution in [2.45, 2.75) is 84.5 Å². The minimum Gasteiger partial charge on any atom is -0.492 e. The van der Waals surface area contributed by atoms with Gasteiger partial charge in [0.2, 0.25) is 0 Å². The van der Waals surface area contributed by atoms with Crippen LogP contribution in [0.1, 0.15) is 83.6 Å². The zero-order valence-electron chi connectivity index (χ0n) is 17.3. The van der Waals surface area contributed by atoms with Gasteiger partial charge in [0.15, 0.2) is 0 Å². The Bertz CT molecular complexity index is 607. The van der Waals surface area contributed by atoms with E-state index in [1.165, 1.54) is 63.4 Å². The SMILES string of the molecule is CCCCCCCCc1ccc(-c2ccc(OCCCCCC)cn2)nc1. The maximum absolute atomic E-state index is 5.76. The van der Waals surface area contributed by atoms with E-state index in [1.807, 2.05) is 18.3 Å². The van der Waals surface area contributed by atoms with Crippen molar-refractivity contribution in [2.24, 2.45) is 0 Å². The van der Waals surface area contributed by atoms with Gasteiger partial charge in [-0.25, -0.2) is 0 Å². The average molecular weight is 369 g/mol. The van der Waals surface area contributed by atoms with Crippen LogP contribution in [-0.2, 0) is 6.42 Å². The van der Waals surface area contributed by atoms with E-state index in [4.69, 9.17) is 4.74 Å². The topological polar surface area (TPSA) is 35.0 Å². The minimum absolute atomic E-state index is 0.770. The van der Waals surface area contributed by atoms with Crippen LogP contribution in [0.5, 0.6) is 5.75 Å². The summed E-state index contributed by atoms with van der Waals surface area (Å²) >= 11 is 0. The van der Waals surface area contributed by atoms with Gasteiger partial charge in [-0.05, 0) is 43.0 Å². The molecule has 0 aliphatic heterocycles. The lowest BCUT2D eigenvalue weighted by Gasteiger charge is -2.07. The third kappa shape index (κ3) is 8.55. The largest absolute Gasteiger partial charge is 0.492 e. The molecule has 0 atom stereocenters. The van der Waals surface area contributed by atoms with Gasteiger partial charge in [0.1, 0.15) is 5.75 Å². The van der Waals surface area contributed by atoms with Crippen LogP contribution in [0.2, 0.25) is 0 Å². The van der Waals surface area contributed by atoms with Gasteiger partial charge in [0.05, 0.1) is 24.2 Å². The summed E-state index contributed by atoms with van der Waals surface area (Å²) in [6.07, 6.45) is 17.8. The predicted molar refractivity (Wildman–Crippen MR) is 114 cm³/mol. The first-order valence-corrected chi connectivity index (χ1v) is 10.9. The van der Waals surface area contributed by atoms with Crippen molar-refractivity contribution >= 4 is 0 Å². The molecule has 3 nitrogen and oxygen atoms in total. The molecular weight excluding hydrogens is 332 g/mol. The lowest BCUT2D eigenvalue weighted by molar-refractivity contribution is 0.304. The van der Waals surface area contributed by atoms with E-state index >= 15 is 0 Å². The van der Waals surface area contributed by atoms with Crippen LogP contribution in [0.3, 0.4) is 0 Å². The highest BCUT2D eigenvalue weighted by Crippen LogP contribution is 2.19. The van der Waals surface area contributed by atoms with Crippen molar-refractivity contribution in [1.82, 2.24) is 9.97 Å². The molecule has 2 rings (SSSR count). The molecule has 0 aliphatic carbocycles. The van der Waals surface area contributed by atoms with Gasteiger partial charge in [-0.2, -0.15) is 0 Å². The number of aromatic nitrogens is 2. The fourth-order valence-electron chi connectivity index (χ4n) is 3.17. The Morgan fingerprint density at radius 1 is 0.667 bits per heavy atom. The van der Waals surface area contributed by atoms with Crippen LogP contribution in [0.4, 0.5) is 0 Å². The highest BCUT2D eigenvalue weighted by molar-refractivity contribution is 5.54. The van der Waals surface area contributed by atoms with Crippen LogP contribution in [0, 0.1) is 0 Å². The van der Waals surface area contributed by atoms with Gasteiger partial charge < -0.3 is 4.74 Å². The number of pyridine rings is 2. The Hall–Kier alpha value is -1.90. The molecule has 0 radical (unpaired) electrons. The van der Waals surface area contributed by atoms with E-state index in [-0.39, 0.29) is 0 Å². The second-order valence-corrected chi connectivity index (χ2v) is 7.36. The van der Waals surface area contributed by atoms with Gasteiger partial charge >= 0.3 is 0 Å². The van der Waals surface area contributed by atoms with Crippen LogP contribution < -0.4 is 4.74 Å². The lowest BCUT2D eigenvalue weighted by atomic mass is 10.1. The van der Waals surface area contributed by atoms with Gasteiger partial charge in [-0.15, -0.1) is 0 Å². The molecule has 0 N–H and O–H groups in total. The third-order valence-corrected chi connectivity index (χ3v) is 4.91. The van der Waals surface area contributed by atoms with Crippen molar-refractivity contribution in [1.29, 1.82) is 0 Å². The Kier molecular flexibility index (Phi) is 10.5. The summed E-state index contributed by atoms with van der Waals surface area (Å²) in [5.41, 5.74) is 3.15. The van der Waals surface area contributed by atoms with Crippen molar-refractivity contribution in [2.75, 3.05) is 6.61 Å². The second-order valence-electron chi connectivity index (χ2n) is 7.36. The Morgan fingerprint density at radius 2 is 1.30 bits per heavy atom.